The van der Waals surface area contributed by atoms with Crippen LogP contribution in [0.25, 0.3) is 0 Å². The molecule has 1 aromatic heterocycles. The third-order valence-corrected chi connectivity index (χ3v) is 4.06. The van der Waals surface area contributed by atoms with Crippen molar-refractivity contribution >= 4 is 11.8 Å². The number of rotatable bonds is 8. The van der Waals surface area contributed by atoms with Gasteiger partial charge in [-0.1, -0.05) is 22.9 Å². The lowest BCUT2D eigenvalue weighted by Gasteiger charge is -2.04. The molecule has 0 radical (unpaired) electrons. The van der Waals surface area contributed by atoms with Crippen molar-refractivity contribution in [3.8, 4) is 0 Å². The van der Waals surface area contributed by atoms with E-state index in [4.69, 9.17) is 15.0 Å². The molecule has 114 valence electrons. The van der Waals surface area contributed by atoms with E-state index in [0.29, 0.717) is 24.1 Å². The Labute approximate surface area is 129 Å². The van der Waals surface area contributed by atoms with E-state index in [2.05, 4.69) is 41.3 Å². The van der Waals surface area contributed by atoms with Crippen LogP contribution in [0.5, 0.6) is 0 Å². The Bertz CT molecular complexity index is 542. The molecule has 1 heterocycles. The number of methoxy groups -OCH3 is 1. The van der Waals surface area contributed by atoms with Gasteiger partial charge in [-0.2, -0.15) is 4.98 Å². The molecule has 5 nitrogen and oxygen atoms in total. The highest BCUT2D eigenvalue weighted by Gasteiger charge is 2.14. The van der Waals surface area contributed by atoms with Crippen LogP contribution in [0, 0.1) is 6.92 Å². The first-order valence-electron chi connectivity index (χ1n) is 6.95. The van der Waals surface area contributed by atoms with Gasteiger partial charge in [-0.3, -0.25) is 0 Å². The fourth-order valence-electron chi connectivity index (χ4n) is 1.83. The fraction of sp³-hybridized carbons (Fsp3) is 0.467. The van der Waals surface area contributed by atoms with Crippen LogP contribution in [0.3, 0.4) is 0 Å². The summed E-state index contributed by atoms with van der Waals surface area (Å²) in [5, 5.41) is 3.98. The smallest absolute Gasteiger partial charge is 0.243 e. The summed E-state index contributed by atoms with van der Waals surface area (Å²) in [5.74, 6) is 1.86. The van der Waals surface area contributed by atoms with Gasteiger partial charge in [0.1, 0.15) is 0 Å². The number of nitrogens with two attached hydrogens (primary N) is 1. The molecule has 2 N–H and O–H groups in total. The van der Waals surface area contributed by atoms with E-state index in [1.165, 1.54) is 10.5 Å². The summed E-state index contributed by atoms with van der Waals surface area (Å²) in [7, 11) is 1.68. The molecule has 0 aliphatic carbocycles. The van der Waals surface area contributed by atoms with Crippen molar-refractivity contribution in [2.24, 2.45) is 5.73 Å². The molecule has 0 aliphatic heterocycles. The zero-order chi connectivity index (χ0) is 15.1. The van der Waals surface area contributed by atoms with Gasteiger partial charge in [0.05, 0.1) is 11.8 Å². The molecule has 6 heteroatoms. The SMILES string of the molecule is COCCCC(N)c1nc(CSc2ccc(C)cc2)no1. The molecule has 1 atom stereocenters. The van der Waals surface area contributed by atoms with Gasteiger partial charge in [0, 0.05) is 18.6 Å². The highest BCUT2D eigenvalue weighted by Crippen LogP contribution is 2.22. The number of benzene rings is 1. The Morgan fingerprint density at radius 1 is 1.33 bits per heavy atom. The van der Waals surface area contributed by atoms with E-state index in [9.17, 15) is 0 Å². The van der Waals surface area contributed by atoms with E-state index in [0.717, 1.165) is 12.8 Å². The standard InChI is InChI=1S/C15H21N3O2S/c1-11-5-7-12(8-6-11)21-10-14-17-15(20-18-14)13(16)4-3-9-19-2/h5-8,13H,3-4,9-10,16H2,1-2H3. The lowest BCUT2D eigenvalue weighted by atomic mass is 10.2. The Kier molecular flexibility index (Phi) is 6.22. The minimum absolute atomic E-state index is 0.217. The third-order valence-electron chi connectivity index (χ3n) is 3.05. The van der Waals surface area contributed by atoms with Gasteiger partial charge >= 0.3 is 0 Å². The van der Waals surface area contributed by atoms with Gasteiger partial charge in [-0.15, -0.1) is 11.8 Å². The van der Waals surface area contributed by atoms with Crippen molar-refractivity contribution in [1.82, 2.24) is 10.1 Å². The molecule has 0 saturated carbocycles. The van der Waals surface area contributed by atoms with Crippen LogP contribution in [0.15, 0.2) is 33.7 Å². The van der Waals surface area contributed by atoms with Gasteiger partial charge in [0.25, 0.3) is 0 Å². The molecule has 0 amide bonds. The Morgan fingerprint density at radius 3 is 2.81 bits per heavy atom. The van der Waals surface area contributed by atoms with E-state index in [1.807, 2.05) is 0 Å². The topological polar surface area (TPSA) is 74.2 Å². The van der Waals surface area contributed by atoms with Gasteiger partial charge < -0.3 is 15.0 Å². The second-order valence-corrected chi connectivity index (χ2v) is 5.94. The summed E-state index contributed by atoms with van der Waals surface area (Å²) in [6, 6.07) is 8.16. The first kappa shape index (κ1) is 16.0. The zero-order valence-electron chi connectivity index (χ0n) is 12.4. The summed E-state index contributed by atoms with van der Waals surface area (Å²) in [5.41, 5.74) is 7.27. The maximum atomic E-state index is 6.01. The minimum Gasteiger partial charge on any atom is -0.385 e. The average molecular weight is 307 g/mol. The third kappa shape index (κ3) is 5.15. The van der Waals surface area contributed by atoms with Crippen LogP contribution < -0.4 is 5.73 Å². The lowest BCUT2D eigenvalue weighted by Crippen LogP contribution is -2.11. The van der Waals surface area contributed by atoms with Gasteiger partial charge in [-0.05, 0) is 31.9 Å². The highest BCUT2D eigenvalue weighted by molar-refractivity contribution is 7.98. The molecule has 0 aliphatic rings. The largest absolute Gasteiger partial charge is 0.385 e. The van der Waals surface area contributed by atoms with Crippen molar-refractivity contribution in [2.45, 2.75) is 36.5 Å². The molecular formula is C15H21N3O2S. The van der Waals surface area contributed by atoms with E-state index in [-0.39, 0.29) is 6.04 Å². The molecular weight excluding hydrogens is 286 g/mol. The summed E-state index contributed by atoms with van der Waals surface area (Å²) in [6.07, 6.45) is 1.66. The molecule has 21 heavy (non-hydrogen) atoms. The summed E-state index contributed by atoms with van der Waals surface area (Å²) >= 11 is 1.68. The quantitative estimate of drug-likeness (QED) is 0.596. The van der Waals surface area contributed by atoms with Crippen molar-refractivity contribution < 1.29 is 9.26 Å². The number of ether oxygens (including phenoxy) is 1. The molecule has 0 fully saturated rings. The monoisotopic (exact) mass is 307 g/mol. The first-order valence-corrected chi connectivity index (χ1v) is 7.94. The van der Waals surface area contributed by atoms with E-state index in [1.54, 1.807) is 18.9 Å². The number of hydrogen-bond acceptors (Lipinski definition) is 6. The van der Waals surface area contributed by atoms with Crippen LogP contribution in [0.1, 0.15) is 36.2 Å². The molecule has 2 aromatic rings. The predicted molar refractivity (Wildman–Crippen MR) is 83.1 cm³/mol. The highest BCUT2D eigenvalue weighted by atomic mass is 32.2. The molecule has 0 saturated heterocycles. The average Bonchev–Trinajstić information content (AvgIpc) is 2.96. The lowest BCUT2D eigenvalue weighted by molar-refractivity contribution is 0.188. The fourth-order valence-corrected chi connectivity index (χ4v) is 2.57. The zero-order valence-corrected chi connectivity index (χ0v) is 13.2. The van der Waals surface area contributed by atoms with Crippen LogP contribution in [-0.2, 0) is 10.5 Å². The number of hydrogen-bond donors (Lipinski definition) is 1. The summed E-state index contributed by atoms with van der Waals surface area (Å²) in [6.45, 7) is 2.77. The Balaban J connectivity index is 1.83. The maximum absolute atomic E-state index is 6.01. The van der Waals surface area contributed by atoms with E-state index >= 15 is 0 Å². The number of aryl methyl sites for hydroxylation is 1. The van der Waals surface area contributed by atoms with Crippen LogP contribution in [-0.4, -0.2) is 23.9 Å². The van der Waals surface area contributed by atoms with E-state index < -0.39 is 0 Å². The van der Waals surface area contributed by atoms with Gasteiger partial charge in [0.15, 0.2) is 5.82 Å². The molecule has 1 unspecified atom stereocenters. The normalized spacial score (nSPS) is 12.5. The van der Waals surface area contributed by atoms with Crippen molar-refractivity contribution in [3.05, 3.63) is 41.5 Å². The van der Waals surface area contributed by atoms with Gasteiger partial charge in [-0.25, -0.2) is 0 Å². The van der Waals surface area contributed by atoms with Crippen LogP contribution >= 0.6 is 11.8 Å². The predicted octanol–water partition coefficient (Wildman–Crippen LogP) is 3.10. The van der Waals surface area contributed by atoms with Crippen molar-refractivity contribution in [3.63, 3.8) is 0 Å². The molecule has 0 spiro atoms. The molecule has 1 aromatic carbocycles. The first-order chi connectivity index (χ1) is 10.2. The number of aromatic nitrogens is 2. The minimum atomic E-state index is -0.217. The van der Waals surface area contributed by atoms with Gasteiger partial charge in [0.2, 0.25) is 5.89 Å². The maximum Gasteiger partial charge on any atom is 0.243 e. The second-order valence-electron chi connectivity index (χ2n) is 4.89. The molecule has 2 rings (SSSR count). The number of thioether (sulfide) groups is 1. The molecule has 0 bridgehead atoms. The number of nitrogens with zero attached hydrogens (tertiary/aromatic N) is 2. The Morgan fingerprint density at radius 2 is 2.10 bits per heavy atom. The summed E-state index contributed by atoms with van der Waals surface area (Å²) in [4.78, 5) is 5.55. The summed E-state index contributed by atoms with van der Waals surface area (Å²) < 4.78 is 10.2. The Hall–Kier alpha value is -1.37. The van der Waals surface area contributed by atoms with Crippen molar-refractivity contribution in [2.75, 3.05) is 13.7 Å². The van der Waals surface area contributed by atoms with Crippen LogP contribution in [0.2, 0.25) is 0 Å². The van der Waals surface area contributed by atoms with Crippen LogP contribution in [0.4, 0.5) is 0 Å². The second kappa shape index (κ2) is 8.17. The van der Waals surface area contributed by atoms with Crippen molar-refractivity contribution in [1.29, 1.82) is 0 Å².